The number of esters is 1. The lowest BCUT2D eigenvalue weighted by atomic mass is 10.1. The molecule has 0 unspecified atom stereocenters. The SMILES string of the molecule is CCOC(=O)c1cnn(-c2cccc(NC(=O)c3cc(C)ccc3F)c2)c1C(F)(F)F. The lowest BCUT2D eigenvalue weighted by molar-refractivity contribution is -0.143. The largest absolute Gasteiger partial charge is 0.462 e. The first-order valence-corrected chi connectivity index (χ1v) is 9.12. The summed E-state index contributed by atoms with van der Waals surface area (Å²) in [6, 6.07) is 9.38. The molecule has 0 saturated carbocycles. The highest BCUT2D eigenvalue weighted by atomic mass is 19.4. The van der Waals surface area contributed by atoms with Crippen molar-refractivity contribution in [3.63, 3.8) is 0 Å². The van der Waals surface area contributed by atoms with E-state index in [1.165, 1.54) is 43.3 Å². The fourth-order valence-corrected chi connectivity index (χ4v) is 2.90. The molecule has 0 radical (unpaired) electrons. The minimum Gasteiger partial charge on any atom is -0.462 e. The number of aromatic nitrogens is 2. The number of amides is 1. The molecule has 0 aliphatic carbocycles. The molecule has 1 amide bonds. The average Bonchev–Trinajstić information content (AvgIpc) is 3.16. The fourth-order valence-electron chi connectivity index (χ4n) is 2.90. The highest BCUT2D eigenvalue weighted by Gasteiger charge is 2.41. The summed E-state index contributed by atoms with van der Waals surface area (Å²) >= 11 is 0. The van der Waals surface area contributed by atoms with Gasteiger partial charge in [-0.25, -0.2) is 13.9 Å². The zero-order chi connectivity index (χ0) is 22.8. The smallest absolute Gasteiger partial charge is 0.434 e. The van der Waals surface area contributed by atoms with E-state index in [4.69, 9.17) is 0 Å². The highest BCUT2D eigenvalue weighted by molar-refractivity contribution is 6.04. The number of nitrogens with zero attached hydrogens (tertiary/aromatic N) is 2. The van der Waals surface area contributed by atoms with E-state index >= 15 is 0 Å². The van der Waals surface area contributed by atoms with Crippen molar-refractivity contribution in [3.8, 4) is 5.69 Å². The van der Waals surface area contributed by atoms with Crippen LogP contribution >= 0.6 is 0 Å². The maximum Gasteiger partial charge on any atom is 0.434 e. The first-order chi connectivity index (χ1) is 14.6. The van der Waals surface area contributed by atoms with Crippen LogP contribution in [0.1, 0.15) is 38.9 Å². The van der Waals surface area contributed by atoms with E-state index in [9.17, 15) is 27.2 Å². The minimum absolute atomic E-state index is 0.0645. The zero-order valence-electron chi connectivity index (χ0n) is 16.5. The van der Waals surface area contributed by atoms with E-state index in [2.05, 4.69) is 15.2 Å². The number of benzene rings is 2. The number of alkyl halides is 3. The molecule has 0 fully saturated rings. The molecule has 0 atom stereocenters. The Balaban J connectivity index is 1.97. The van der Waals surface area contributed by atoms with E-state index in [0.717, 1.165) is 12.3 Å². The number of anilines is 1. The van der Waals surface area contributed by atoms with E-state index in [0.29, 0.717) is 10.2 Å². The summed E-state index contributed by atoms with van der Waals surface area (Å²) in [4.78, 5) is 24.3. The number of rotatable bonds is 5. The van der Waals surface area contributed by atoms with Gasteiger partial charge in [0.25, 0.3) is 5.91 Å². The molecule has 10 heteroatoms. The maximum atomic E-state index is 13.9. The monoisotopic (exact) mass is 435 g/mol. The molecular formula is C21H17F4N3O3. The number of carbonyl (C=O) groups is 2. The molecule has 31 heavy (non-hydrogen) atoms. The zero-order valence-corrected chi connectivity index (χ0v) is 16.5. The van der Waals surface area contributed by atoms with Crippen LogP contribution in [0.3, 0.4) is 0 Å². The number of halogens is 4. The molecular weight excluding hydrogens is 418 g/mol. The first kappa shape index (κ1) is 22.0. The van der Waals surface area contributed by atoms with Gasteiger partial charge < -0.3 is 10.1 Å². The van der Waals surface area contributed by atoms with Crippen LogP contribution in [0.15, 0.2) is 48.7 Å². The molecule has 0 spiro atoms. The van der Waals surface area contributed by atoms with Crippen molar-refractivity contribution < 1.29 is 31.9 Å². The van der Waals surface area contributed by atoms with Crippen LogP contribution in [0, 0.1) is 12.7 Å². The third-order valence-corrected chi connectivity index (χ3v) is 4.25. The van der Waals surface area contributed by atoms with Crippen molar-refractivity contribution in [2.24, 2.45) is 0 Å². The van der Waals surface area contributed by atoms with Gasteiger partial charge in [0.15, 0.2) is 5.69 Å². The highest BCUT2D eigenvalue weighted by Crippen LogP contribution is 2.34. The summed E-state index contributed by atoms with van der Waals surface area (Å²) in [6.07, 6.45) is -4.13. The standard InChI is InChI=1S/C21H17F4N3O3/c1-3-31-20(30)16-11-26-28(18(16)21(23,24)25)14-6-4-5-13(10-14)27-19(29)15-9-12(2)7-8-17(15)22/h4-11H,3H2,1-2H3,(H,27,29). The van der Waals surface area contributed by atoms with Gasteiger partial charge in [0.1, 0.15) is 11.4 Å². The van der Waals surface area contributed by atoms with Crippen LogP contribution in [-0.2, 0) is 10.9 Å². The number of nitrogens with one attached hydrogen (secondary N) is 1. The molecule has 0 bridgehead atoms. The third kappa shape index (κ3) is 4.73. The van der Waals surface area contributed by atoms with E-state index in [1.54, 1.807) is 6.92 Å². The van der Waals surface area contributed by atoms with Gasteiger partial charge in [-0.05, 0) is 44.2 Å². The summed E-state index contributed by atoms with van der Waals surface area (Å²) in [5.41, 5.74) is -1.52. The lowest BCUT2D eigenvalue weighted by Gasteiger charge is -2.13. The second-order valence-corrected chi connectivity index (χ2v) is 6.52. The summed E-state index contributed by atoms with van der Waals surface area (Å²) in [5, 5.41) is 6.14. The molecule has 1 N–H and O–H groups in total. The number of ether oxygens (including phenoxy) is 1. The molecule has 1 heterocycles. The van der Waals surface area contributed by atoms with Gasteiger partial charge in [-0.15, -0.1) is 0 Å². The second kappa shape index (κ2) is 8.58. The number of carbonyl (C=O) groups excluding carboxylic acids is 2. The van der Waals surface area contributed by atoms with Gasteiger partial charge in [0.05, 0.1) is 24.1 Å². The van der Waals surface area contributed by atoms with Gasteiger partial charge in [0, 0.05) is 5.69 Å². The van der Waals surface area contributed by atoms with Crippen LogP contribution in [0.2, 0.25) is 0 Å². The molecule has 0 aliphatic heterocycles. The van der Waals surface area contributed by atoms with E-state index < -0.39 is 35.1 Å². The van der Waals surface area contributed by atoms with Crippen molar-refractivity contribution in [1.82, 2.24) is 9.78 Å². The molecule has 6 nitrogen and oxygen atoms in total. The van der Waals surface area contributed by atoms with Crippen molar-refractivity contribution in [2.45, 2.75) is 20.0 Å². The van der Waals surface area contributed by atoms with Crippen LogP contribution in [-0.4, -0.2) is 28.3 Å². The Labute approximate surface area is 174 Å². The summed E-state index contributed by atoms with van der Waals surface area (Å²) in [5.74, 6) is -2.65. The topological polar surface area (TPSA) is 73.2 Å². The molecule has 0 saturated heterocycles. The van der Waals surface area contributed by atoms with Crippen molar-refractivity contribution in [3.05, 3.63) is 76.9 Å². The fraction of sp³-hybridized carbons (Fsp3) is 0.190. The van der Waals surface area contributed by atoms with E-state index in [1.807, 2.05) is 0 Å². The van der Waals surface area contributed by atoms with Crippen LogP contribution in [0.4, 0.5) is 23.2 Å². The number of aryl methyl sites for hydroxylation is 1. The van der Waals surface area contributed by atoms with Crippen LogP contribution < -0.4 is 5.32 Å². The van der Waals surface area contributed by atoms with Crippen LogP contribution in [0.5, 0.6) is 0 Å². The second-order valence-electron chi connectivity index (χ2n) is 6.52. The average molecular weight is 435 g/mol. The van der Waals surface area contributed by atoms with Gasteiger partial charge in [-0.2, -0.15) is 18.3 Å². The molecule has 3 rings (SSSR count). The van der Waals surface area contributed by atoms with Gasteiger partial charge in [0.2, 0.25) is 0 Å². The summed E-state index contributed by atoms with van der Waals surface area (Å²) in [7, 11) is 0. The maximum absolute atomic E-state index is 13.9. The Morgan fingerprint density at radius 2 is 1.87 bits per heavy atom. The molecule has 1 aromatic heterocycles. The van der Waals surface area contributed by atoms with Crippen molar-refractivity contribution in [2.75, 3.05) is 11.9 Å². The minimum atomic E-state index is -4.90. The number of hydrogen-bond acceptors (Lipinski definition) is 4. The van der Waals surface area contributed by atoms with E-state index in [-0.39, 0.29) is 23.5 Å². The first-order valence-electron chi connectivity index (χ1n) is 9.12. The predicted molar refractivity (Wildman–Crippen MR) is 104 cm³/mol. The Morgan fingerprint density at radius 1 is 1.13 bits per heavy atom. The van der Waals surface area contributed by atoms with Gasteiger partial charge in [-0.1, -0.05) is 17.7 Å². The molecule has 2 aromatic carbocycles. The van der Waals surface area contributed by atoms with Gasteiger partial charge in [-0.3, -0.25) is 4.79 Å². The lowest BCUT2D eigenvalue weighted by Crippen LogP contribution is -2.19. The summed E-state index contributed by atoms with van der Waals surface area (Å²) < 4.78 is 60.1. The Hall–Kier alpha value is -3.69. The third-order valence-electron chi connectivity index (χ3n) is 4.25. The Morgan fingerprint density at radius 3 is 2.55 bits per heavy atom. The molecule has 0 aliphatic rings. The van der Waals surface area contributed by atoms with Crippen molar-refractivity contribution >= 4 is 17.6 Å². The molecule has 162 valence electrons. The van der Waals surface area contributed by atoms with Gasteiger partial charge >= 0.3 is 12.1 Å². The molecule has 3 aromatic rings. The Kier molecular flexibility index (Phi) is 6.09. The van der Waals surface area contributed by atoms with Crippen LogP contribution in [0.25, 0.3) is 5.69 Å². The van der Waals surface area contributed by atoms with Crippen molar-refractivity contribution in [1.29, 1.82) is 0 Å². The number of hydrogen-bond donors (Lipinski definition) is 1. The predicted octanol–water partition coefficient (Wildman–Crippen LogP) is 4.77. The quantitative estimate of drug-likeness (QED) is 0.463. The normalized spacial score (nSPS) is 11.3. The summed E-state index contributed by atoms with van der Waals surface area (Å²) in [6.45, 7) is 3.06. The Bertz CT molecular complexity index is 1140.